The highest BCUT2D eigenvalue weighted by Crippen LogP contribution is 2.07. The molecule has 8 heteroatoms. The second-order valence-electron chi connectivity index (χ2n) is 6.19. The summed E-state index contributed by atoms with van der Waals surface area (Å²) in [4.78, 5) is 47.0. The first-order valence-electron chi connectivity index (χ1n) is 9.04. The Morgan fingerprint density at radius 1 is 0.967 bits per heavy atom. The summed E-state index contributed by atoms with van der Waals surface area (Å²) in [5.41, 5.74) is 1.78. The normalized spacial score (nSPS) is 10.7. The molecule has 8 nitrogen and oxygen atoms in total. The molecular weight excluding hydrogens is 388 g/mol. The highest BCUT2D eigenvalue weighted by molar-refractivity contribution is 5.98. The Kier molecular flexibility index (Phi) is 8.31. The fourth-order valence-electron chi connectivity index (χ4n) is 2.39. The molecule has 0 bridgehead atoms. The Bertz CT molecular complexity index is 936. The summed E-state index contributed by atoms with van der Waals surface area (Å²) < 4.78 is 9.62. The van der Waals surface area contributed by atoms with Crippen molar-refractivity contribution in [3.8, 4) is 0 Å². The summed E-state index contributed by atoms with van der Waals surface area (Å²) in [5, 5.41) is 5.01. The third kappa shape index (κ3) is 7.23. The Morgan fingerprint density at radius 3 is 2.23 bits per heavy atom. The number of hydrogen-bond donors (Lipinski definition) is 2. The third-order valence-electron chi connectivity index (χ3n) is 3.84. The maximum absolute atomic E-state index is 12.3. The van der Waals surface area contributed by atoms with E-state index in [-0.39, 0.29) is 12.2 Å². The van der Waals surface area contributed by atoms with Gasteiger partial charge in [0.2, 0.25) is 5.91 Å². The van der Waals surface area contributed by atoms with Crippen LogP contribution in [0.2, 0.25) is 0 Å². The van der Waals surface area contributed by atoms with E-state index in [4.69, 9.17) is 4.74 Å². The topological polar surface area (TPSA) is 111 Å². The van der Waals surface area contributed by atoms with Gasteiger partial charge in [0.05, 0.1) is 12.7 Å². The van der Waals surface area contributed by atoms with Crippen molar-refractivity contribution in [1.82, 2.24) is 10.6 Å². The lowest BCUT2D eigenvalue weighted by molar-refractivity contribution is -0.145. The maximum atomic E-state index is 12.3. The van der Waals surface area contributed by atoms with Crippen molar-refractivity contribution in [2.24, 2.45) is 0 Å². The number of carbonyl (C=O) groups is 4. The molecular formula is C22H22N2O6. The summed E-state index contributed by atoms with van der Waals surface area (Å²) in [7, 11) is 1.30. The van der Waals surface area contributed by atoms with Crippen molar-refractivity contribution in [2.75, 3.05) is 13.7 Å². The molecule has 0 spiro atoms. The molecule has 30 heavy (non-hydrogen) atoms. The van der Waals surface area contributed by atoms with E-state index in [1.807, 2.05) is 6.07 Å². The molecule has 0 saturated carbocycles. The molecule has 0 saturated heterocycles. The molecule has 0 atom stereocenters. The van der Waals surface area contributed by atoms with Gasteiger partial charge in [-0.3, -0.25) is 9.59 Å². The van der Waals surface area contributed by atoms with Crippen molar-refractivity contribution < 1.29 is 28.7 Å². The van der Waals surface area contributed by atoms with Gasteiger partial charge in [-0.1, -0.05) is 42.5 Å². The van der Waals surface area contributed by atoms with Crippen LogP contribution in [0.15, 0.2) is 60.3 Å². The van der Waals surface area contributed by atoms with Gasteiger partial charge in [0.15, 0.2) is 6.61 Å². The molecule has 2 amide bonds. The number of amides is 2. The SMILES string of the molecule is COC(=O)c1ccc(CNC(=O)COC(=O)/C(=C/c2ccccc2)NC(C)=O)cc1. The summed E-state index contributed by atoms with van der Waals surface area (Å²) in [6.07, 6.45) is 1.46. The molecule has 0 unspecified atom stereocenters. The summed E-state index contributed by atoms with van der Waals surface area (Å²) in [6.45, 7) is 0.950. The van der Waals surface area contributed by atoms with Crippen LogP contribution in [0.25, 0.3) is 6.08 Å². The van der Waals surface area contributed by atoms with Crippen molar-refractivity contribution in [1.29, 1.82) is 0 Å². The highest BCUT2D eigenvalue weighted by atomic mass is 16.5. The summed E-state index contributed by atoms with van der Waals surface area (Å²) >= 11 is 0. The first-order chi connectivity index (χ1) is 14.4. The van der Waals surface area contributed by atoms with E-state index in [1.165, 1.54) is 20.1 Å². The minimum Gasteiger partial charge on any atom is -0.465 e. The molecule has 156 valence electrons. The van der Waals surface area contributed by atoms with E-state index < -0.39 is 30.4 Å². The van der Waals surface area contributed by atoms with Crippen molar-refractivity contribution in [3.05, 3.63) is 77.0 Å². The van der Waals surface area contributed by atoms with Gasteiger partial charge in [0.1, 0.15) is 5.70 Å². The molecule has 0 aliphatic carbocycles. The second kappa shape index (κ2) is 11.2. The van der Waals surface area contributed by atoms with Crippen LogP contribution in [0.3, 0.4) is 0 Å². The molecule has 0 fully saturated rings. The fourth-order valence-corrected chi connectivity index (χ4v) is 2.39. The van der Waals surface area contributed by atoms with Gasteiger partial charge in [-0.2, -0.15) is 0 Å². The minimum absolute atomic E-state index is 0.0695. The van der Waals surface area contributed by atoms with E-state index >= 15 is 0 Å². The van der Waals surface area contributed by atoms with Gasteiger partial charge in [-0.05, 0) is 29.3 Å². The molecule has 2 aromatic carbocycles. The quantitative estimate of drug-likeness (QED) is 0.507. The Hall–Kier alpha value is -3.94. The summed E-state index contributed by atoms with van der Waals surface area (Å²) in [6, 6.07) is 15.4. The molecule has 0 aromatic heterocycles. The molecule has 0 radical (unpaired) electrons. The monoisotopic (exact) mass is 410 g/mol. The lowest BCUT2D eigenvalue weighted by Gasteiger charge is -2.10. The van der Waals surface area contributed by atoms with Gasteiger partial charge in [-0.25, -0.2) is 9.59 Å². The molecule has 2 rings (SSSR count). The van der Waals surface area contributed by atoms with Crippen molar-refractivity contribution >= 4 is 29.8 Å². The van der Waals surface area contributed by atoms with Gasteiger partial charge < -0.3 is 20.1 Å². The number of rotatable bonds is 8. The first-order valence-corrected chi connectivity index (χ1v) is 9.04. The predicted octanol–water partition coefficient (Wildman–Crippen LogP) is 1.81. The largest absolute Gasteiger partial charge is 0.465 e. The first kappa shape index (κ1) is 22.4. The number of methoxy groups -OCH3 is 1. The molecule has 0 aliphatic heterocycles. The standard InChI is InChI=1S/C22H22N2O6/c1-15(25)24-19(12-16-6-4-3-5-7-16)22(28)30-14-20(26)23-13-17-8-10-18(11-9-17)21(27)29-2/h3-12H,13-14H2,1-2H3,(H,23,26)(H,24,25)/b19-12-. The lowest BCUT2D eigenvalue weighted by atomic mass is 10.1. The molecule has 2 N–H and O–H groups in total. The average molecular weight is 410 g/mol. The predicted molar refractivity (Wildman–Crippen MR) is 109 cm³/mol. The van der Waals surface area contributed by atoms with Crippen molar-refractivity contribution in [2.45, 2.75) is 13.5 Å². The number of benzene rings is 2. The van der Waals surface area contributed by atoms with E-state index in [9.17, 15) is 19.2 Å². The van der Waals surface area contributed by atoms with Crippen LogP contribution in [-0.2, 0) is 30.4 Å². The van der Waals surface area contributed by atoms with Crippen LogP contribution in [0.4, 0.5) is 0 Å². The Morgan fingerprint density at radius 2 is 1.63 bits per heavy atom. The molecule has 0 heterocycles. The average Bonchev–Trinajstić information content (AvgIpc) is 2.75. The third-order valence-corrected chi connectivity index (χ3v) is 3.84. The molecule has 0 aliphatic rings. The Balaban J connectivity index is 1.88. The zero-order chi connectivity index (χ0) is 21.9. The smallest absolute Gasteiger partial charge is 0.355 e. The van der Waals surface area contributed by atoms with Crippen LogP contribution in [0, 0.1) is 0 Å². The van der Waals surface area contributed by atoms with Crippen LogP contribution in [-0.4, -0.2) is 37.5 Å². The van der Waals surface area contributed by atoms with Gasteiger partial charge >= 0.3 is 11.9 Å². The minimum atomic E-state index is -0.827. The van der Waals surface area contributed by atoms with Crippen LogP contribution >= 0.6 is 0 Å². The fraction of sp³-hybridized carbons (Fsp3) is 0.182. The van der Waals surface area contributed by atoms with Gasteiger partial charge in [0.25, 0.3) is 5.91 Å². The summed E-state index contributed by atoms with van der Waals surface area (Å²) in [5.74, 6) is -2.22. The van der Waals surface area contributed by atoms with E-state index in [2.05, 4.69) is 15.4 Å². The maximum Gasteiger partial charge on any atom is 0.355 e. The lowest BCUT2D eigenvalue weighted by Crippen LogP contribution is -2.31. The van der Waals surface area contributed by atoms with E-state index in [1.54, 1.807) is 48.5 Å². The van der Waals surface area contributed by atoms with Crippen LogP contribution in [0.1, 0.15) is 28.4 Å². The molecule has 2 aromatic rings. The van der Waals surface area contributed by atoms with Crippen molar-refractivity contribution in [3.63, 3.8) is 0 Å². The number of hydrogen-bond acceptors (Lipinski definition) is 6. The number of carbonyl (C=O) groups excluding carboxylic acids is 4. The number of ether oxygens (including phenoxy) is 2. The zero-order valence-corrected chi connectivity index (χ0v) is 16.6. The highest BCUT2D eigenvalue weighted by Gasteiger charge is 2.15. The van der Waals surface area contributed by atoms with E-state index in [0.29, 0.717) is 11.1 Å². The number of esters is 2. The number of nitrogens with one attached hydrogen (secondary N) is 2. The second-order valence-corrected chi connectivity index (χ2v) is 6.19. The van der Waals surface area contributed by atoms with Gasteiger partial charge in [0, 0.05) is 13.5 Å². The van der Waals surface area contributed by atoms with Gasteiger partial charge in [-0.15, -0.1) is 0 Å². The Labute approximate surface area is 173 Å². The zero-order valence-electron chi connectivity index (χ0n) is 16.6. The van der Waals surface area contributed by atoms with Crippen LogP contribution in [0.5, 0.6) is 0 Å². The van der Waals surface area contributed by atoms with E-state index in [0.717, 1.165) is 5.56 Å². The van der Waals surface area contributed by atoms with Crippen LogP contribution < -0.4 is 10.6 Å².